The summed E-state index contributed by atoms with van der Waals surface area (Å²) in [5, 5.41) is 0. The molecule has 17 heavy (non-hydrogen) atoms. The van der Waals surface area contributed by atoms with E-state index >= 15 is 0 Å². The van der Waals surface area contributed by atoms with Crippen molar-refractivity contribution >= 4 is 0 Å². The Balaban J connectivity index is 2.08. The first-order valence-electron chi connectivity index (χ1n) is 6.68. The van der Waals surface area contributed by atoms with Gasteiger partial charge >= 0.3 is 0 Å². The molecule has 0 radical (unpaired) electrons. The molecule has 0 saturated heterocycles. The Morgan fingerprint density at radius 3 is 2.53 bits per heavy atom. The molecule has 0 heterocycles. The third-order valence-corrected chi connectivity index (χ3v) is 3.71. The second-order valence-electron chi connectivity index (χ2n) is 5.20. The first kappa shape index (κ1) is 12.2. The van der Waals surface area contributed by atoms with Gasteiger partial charge in [-0.05, 0) is 24.8 Å². The standard InChI is InChI=1S/C17H22/c1-3-4-8-15-11-13-17(2,14-12-15)16-9-6-5-7-10-16/h5-7,9-13H,3-4,8,14H2,1-2H3. The summed E-state index contributed by atoms with van der Waals surface area (Å²) in [5.41, 5.74) is 3.12. The van der Waals surface area contributed by atoms with E-state index in [4.69, 9.17) is 0 Å². The largest absolute Gasteiger partial charge is 0.0801 e. The van der Waals surface area contributed by atoms with E-state index in [0.29, 0.717) is 0 Å². The Morgan fingerprint density at radius 1 is 1.18 bits per heavy atom. The Morgan fingerprint density at radius 2 is 1.94 bits per heavy atom. The van der Waals surface area contributed by atoms with Crippen molar-refractivity contribution in [2.45, 2.75) is 44.9 Å². The zero-order valence-corrected chi connectivity index (χ0v) is 10.9. The molecule has 0 aromatic heterocycles. The smallest absolute Gasteiger partial charge is 0.0141 e. The molecule has 0 amide bonds. The number of allylic oxidation sites excluding steroid dienone is 4. The highest BCUT2D eigenvalue weighted by Crippen LogP contribution is 2.34. The normalized spacial score (nSPS) is 23.5. The van der Waals surface area contributed by atoms with Crippen molar-refractivity contribution < 1.29 is 0 Å². The van der Waals surface area contributed by atoms with Crippen LogP contribution in [0.25, 0.3) is 0 Å². The van der Waals surface area contributed by atoms with Gasteiger partial charge in [-0.3, -0.25) is 0 Å². The minimum atomic E-state index is 0.191. The van der Waals surface area contributed by atoms with Gasteiger partial charge in [0.2, 0.25) is 0 Å². The second kappa shape index (κ2) is 5.35. The summed E-state index contributed by atoms with van der Waals surface area (Å²) < 4.78 is 0. The Labute approximate surface area is 105 Å². The monoisotopic (exact) mass is 226 g/mol. The maximum absolute atomic E-state index is 2.42. The van der Waals surface area contributed by atoms with E-state index in [1.807, 2.05) is 0 Å². The summed E-state index contributed by atoms with van der Waals surface area (Å²) in [5.74, 6) is 0. The molecule has 1 aliphatic carbocycles. The van der Waals surface area contributed by atoms with E-state index in [-0.39, 0.29) is 5.41 Å². The lowest BCUT2D eigenvalue weighted by Crippen LogP contribution is -2.20. The van der Waals surface area contributed by atoms with Gasteiger partial charge in [0.25, 0.3) is 0 Å². The SMILES string of the molecule is CCCCC1=CCC(C)(c2ccccc2)C=C1. The van der Waals surface area contributed by atoms with Crippen molar-refractivity contribution in [1.29, 1.82) is 0 Å². The van der Waals surface area contributed by atoms with Gasteiger partial charge < -0.3 is 0 Å². The number of hydrogen-bond acceptors (Lipinski definition) is 0. The van der Waals surface area contributed by atoms with E-state index in [1.165, 1.54) is 30.4 Å². The van der Waals surface area contributed by atoms with Gasteiger partial charge in [-0.25, -0.2) is 0 Å². The van der Waals surface area contributed by atoms with Gasteiger partial charge in [-0.1, -0.05) is 74.4 Å². The van der Waals surface area contributed by atoms with Crippen LogP contribution < -0.4 is 0 Å². The summed E-state index contributed by atoms with van der Waals surface area (Å²) in [6, 6.07) is 10.8. The van der Waals surface area contributed by atoms with Crippen LogP contribution in [0.2, 0.25) is 0 Å². The van der Waals surface area contributed by atoms with Crippen LogP contribution in [-0.2, 0) is 5.41 Å². The van der Waals surface area contributed by atoms with Gasteiger partial charge in [0.05, 0.1) is 0 Å². The van der Waals surface area contributed by atoms with Crippen molar-refractivity contribution in [3.8, 4) is 0 Å². The van der Waals surface area contributed by atoms with Gasteiger partial charge in [-0.15, -0.1) is 0 Å². The maximum Gasteiger partial charge on any atom is 0.0141 e. The van der Waals surface area contributed by atoms with E-state index in [2.05, 4.69) is 62.4 Å². The zero-order chi connectivity index (χ0) is 12.1. The first-order valence-corrected chi connectivity index (χ1v) is 6.68. The van der Waals surface area contributed by atoms with E-state index in [0.717, 1.165) is 6.42 Å². The average Bonchev–Trinajstić information content (AvgIpc) is 2.39. The van der Waals surface area contributed by atoms with E-state index in [9.17, 15) is 0 Å². The fourth-order valence-electron chi connectivity index (χ4n) is 2.37. The second-order valence-corrected chi connectivity index (χ2v) is 5.20. The molecule has 1 aliphatic rings. The Hall–Kier alpha value is -1.30. The van der Waals surface area contributed by atoms with Crippen LogP contribution in [0.1, 0.15) is 45.1 Å². The summed E-state index contributed by atoms with van der Waals surface area (Å²) >= 11 is 0. The summed E-state index contributed by atoms with van der Waals surface area (Å²) in [4.78, 5) is 0. The molecule has 1 aromatic rings. The highest BCUT2D eigenvalue weighted by Gasteiger charge is 2.24. The number of benzene rings is 1. The predicted molar refractivity (Wildman–Crippen MR) is 75.2 cm³/mol. The fraction of sp³-hybridized carbons (Fsp3) is 0.412. The van der Waals surface area contributed by atoms with Crippen LogP contribution in [0.4, 0.5) is 0 Å². The molecule has 0 bridgehead atoms. The van der Waals surface area contributed by atoms with Crippen molar-refractivity contribution in [1.82, 2.24) is 0 Å². The lowest BCUT2D eigenvalue weighted by atomic mass is 9.76. The van der Waals surface area contributed by atoms with Crippen molar-refractivity contribution in [3.63, 3.8) is 0 Å². The number of hydrogen-bond donors (Lipinski definition) is 0. The van der Waals surface area contributed by atoms with Crippen molar-refractivity contribution in [2.75, 3.05) is 0 Å². The van der Waals surface area contributed by atoms with Crippen molar-refractivity contribution in [2.24, 2.45) is 0 Å². The number of unbranched alkanes of at least 4 members (excludes halogenated alkanes) is 1. The molecule has 1 aromatic carbocycles. The van der Waals surface area contributed by atoms with Crippen LogP contribution in [0.15, 0.2) is 54.1 Å². The third kappa shape index (κ3) is 2.88. The maximum atomic E-state index is 2.42. The average molecular weight is 226 g/mol. The van der Waals surface area contributed by atoms with Crippen LogP contribution in [0, 0.1) is 0 Å². The number of rotatable bonds is 4. The molecule has 0 heteroatoms. The van der Waals surface area contributed by atoms with E-state index < -0.39 is 0 Å². The van der Waals surface area contributed by atoms with Crippen LogP contribution in [0.5, 0.6) is 0 Å². The molecule has 0 spiro atoms. The minimum absolute atomic E-state index is 0.191. The molecule has 0 fully saturated rings. The molecule has 0 N–H and O–H groups in total. The minimum Gasteiger partial charge on any atom is -0.0801 e. The highest BCUT2D eigenvalue weighted by molar-refractivity contribution is 5.37. The molecule has 0 aliphatic heterocycles. The molecule has 0 nitrogen and oxygen atoms in total. The van der Waals surface area contributed by atoms with Gasteiger partial charge in [-0.2, -0.15) is 0 Å². The molecule has 1 atom stereocenters. The summed E-state index contributed by atoms with van der Waals surface area (Å²) in [6.07, 6.45) is 12.1. The van der Waals surface area contributed by atoms with Crippen molar-refractivity contribution in [3.05, 3.63) is 59.7 Å². The fourth-order valence-corrected chi connectivity index (χ4v) is 2.37. The molecule has 0 saturated carbocycles. The lowest BCUT2D eigenvalue weighted by molar-refractivity contribution is 0.592. The molecule has 1 unspecified atom stereocenters. The summed E-state index contributed by atoms with van der Waals surface area (Å²) in [6.45, 7) is 4.58. The van der Waals surface area contributed by atoms with Gasteiger partial charge in [0.15, 0.2) is 0 Å². The first-order chi connectivity index (χ1) is 8.24. The molecule has 2 rings (SSSR count). The van der Waals surface area contributed by atoms with Crippen LogP contribution >= 0.6 is 0 Å². The Bertz CT molecular complexity index is 411. The van der Waals surface area contributed by atoms with Crippen LogP contribution in [-0.4, -0.2) is 0 Å². The quantitative estimate of drug-likeness (QED) is 0.676. The third-order valence-electron chi connectivity index (χ3n) is 3.71. The van der Waals surface area contributed by atoms with Gasteiger partial charge in [0.1, 0.15) is 0 Å². The highest BCUT2D eigenvalue weighted by atomic mass is 14.3. The van der Waals surface area contributed by atoms with E-state index in [1.54, 1.807) is 0 Å². The predicted octanol–water partition coefficient (Wildman–Crippen LogP) is 5.02. The summed E-state index contributed by atoms with van der Waals surface area (Å²) in [7, 11) is 0. The molecular formula is C17H22. The lowest BCUT2D eigenvalue weighted by Gasteiger charge is -2.28. The van der Waals surface area contributed by atoms with Crippen LogP contribution in [0.3, 0.4) is 0 Å². The molecule has 90 valence electrons. The zero-order valence-electron chi connectivity index (χ0n) is 10.9. The van der Waals surface area contributed by atoms with Gasteiger partial charge in [0, 0.05) is 5.41 Å². The molecular weight excluding hydrogens is 204 g/mol. The Kier molecular flexibility index (Phi) is 3.83. The topological polar surface area (TPSA) is 0 Å².